The molecule has 0 aliphatic heterocycles. The maximum absolute atomic E-state index is 7.40. The molecule has 242 valence electrons. The molecule has 0 aliphatic rings. The summed E-state index contributed by atoms with van der Waals surface area (Å²) in [4.78, 5) is 10.1. The van der Waals surface area contributed by atoms with Crippen molar-refractivity contribution in [3.05, 3.63) is 207 Å². The quantitative estimate of drug-likeness (QED) is 0.165. The van der Waals surface area contributed by atoms with E-state index in [1.54, 1.807) is 0 Å². The number of aromatic nitrogens is 2. The first-order valence-corrected chi connectivity index (χ1v) is 21.3. The number of benzene rings is 6. The molecule has 0 N–H and O–H groups in total. The first-order valence-electron chi connectivity index (χ1n) is 17.3. The lowest BCUT2D eigenvalue weighted by molar-refractivity contribution is 0.672. The van der Waals surface area contributed by atoms with E-state index in [1.807, 2.05) is 12.4 Å². The van der Waals surface area contributed by atoms with Crippen LogP contribution >= 0.6 is 0 Å². The summed E-state index contributed by atoms with van der Waals surface area (Å²) in [5.41, 5.74) is 3.18. The van der Waals surface area contributed by atoms with Crippen LogP contribution < -0.4 is 41.5 Å². The molecular formula is C46H34N2OSi2. The zero-order valence-corrected chi connectivity index (χ0v) is 29.9. The van der Waals surface area contributed by atoms with Crippen LogP contribution in [0.3, 0.4) is 0 Å². The summed E-state index contributed by atoms with van der Waals surface area (Å²) < 4.78 is 7.40. The summed E-state index contributed by atoms with van der Waals surface area (Å²) >= 11 is 0. The van der Waals surface area contributed by atoms with Crippen molar-refractivity contribution in [2.45, 2.75) is 0 Å². The Bertz CT molecular complexity index is 2190. The van der Waals surface area contributed by atoms with Crippen molar-refractivity contribution in [2.24, 2.45) is 0 Å². The molecule has 0 bridgehead atoms. The number of hydrogen-bond acceptors (Lipinski definition) is 3. The Kier molecular flexibility index (Phi) is 7.84. The van der Waals surface area contributed by atoms with Crippen molar-refractivity contribution in [1.29, 1.82) is 0 Å². The minimum Gasteiger partial charge on any atom is -0.453 e. The number of nitrogens with zero attached hydrogens (tertiary/aromatic N) is 2. The lowest BCUT2D eigenvalue weighted by atomic mass is 10.3. The zero-order chi connectivity index (χ0) is 34.1. The Morgan fingerprint density at radius 3 is 0.765 bits per heavy atom. The third-order valence-electron chi connectivity index (χ3n) is 10.3. The molecule has 0 fully saturated rings. The molecule has 0 unspecified atom stereocenters. The molecule has 0 aliphatic carbocycles. The second-order valence-electron chi connectivity index (χ2n) is 12.9. The second kappa shape index (κ2) is 13.0. The molecule has 3 aromatic heterocycles. The first kappa shape index (κ1) is 30.9. The zero-order valence-electron chi connectivity index (χ0n) is 27.9. The third kappa shape index (κ3) is 4.85. The smallest absolute Gasteiger partial charge is 0.184 e. The molecule has 9 aromatic rings. The van der Waals surface area contributed by atoms with E-state index in [1.165, 1.54) is 31.1 Å². The molecular weight excluding hydrogens is 653 g/mol. The van der Waals surface area contributed by atoms with Gasteiger partial charge in [-0.25, -0.2) is 0 Å². The molecule has 9 rings (SSSR count). The van der Waals surface area contributed by atoms with Gasteiger partial charge in [0.25, 0.3) is 0 Å². The molecule has 3 heterocycles. The van der Waals surface area contributed by atoms with Crippen molar-refractivity contribution < 1.29 is 4.42 Å². The van der Waals surface area contributed by atoms with Crippen LogP contribution in [0.15, 0.2) is 211 Å². The number of furan rings is 1. The predicted molar refractivity (Wildman–Crippen MR) is 217 cm³/mol. The van der Waals surface area contributed by atoms with E-state index in [-0.39, 0.29) is 0 Å². The Labute approximate surface area is 299 Å². The van der Waals surface area contributed by atoms with Crippen molar-refractivity contribution in [3.8, 4) is 0 Å². The van der Waals surface area contributed by atoms with Gasteiger partial charge in [-0.15, -0.1) is 0 Å². The Morgan fingerprint density at radius 2 is 0.529 bits per heavy atom. The van der Waals surface area contributed by atoms with Gasteiger partial charge in [-0.3, -0.25) is 9.97 Å². The molecule has 5 heteroatoms. The summed E-state index contributed by atoms with van der Waals surface area (Å²) in [5, 5.41) is 10.0. The maximum atomic E-state index is 7.40. The van der Waals surface area contributed by atoms with Gasteiger partial charge in [0.05, 0.1) is 0 Å². The van der Waals surface area contributed by atoms with E-state index in [0.29, 0.717) is 0 Å². The standard InChI is InChI=1S/C46H34N2OSi2/c1-7-19-35(20-8-1)50(36-21-9-2-10-22-36,37-23-11-3-12-24-37)41-31-33-47-43-44-46(49-45(41)43)42(32-34-48-44)51(38-25-13-4-14-26-38,39-27-15-5-16-28-39)40-29-17-6-18-30-40/h1-34H. The average molecular weight is 687 g/mol. The van der Waals surface area contributed by atoms with E-state index >= 15 is 0 Å². The highest BCUT2D eigenvalue weighted by Crippen LogP contribution is 2.27. The van der Waals surface area contributed by atoms with Gasteiger partial charge in [0.15, 0.2) is 27.3 Å². The molecule has 6 aromatic carbocycles. The molecule has 0 saturated heterocycles. The Hall–Kier alpha value is -6.15. The lowest BCUT2D eigenvalue weighted by Crippen LogP contribution is -2.75. The highest BCUT2D eigenvalue weighted by atomic mass is 28.3. The van der Waals surface area contributed by atoms with E-state index in [4.69, 9.17) is 14.4 Å². The van der Waals surface area contributed by atoms with Crippen LogP contribution in [0.25, 0.3) is 22.2 Å². The summed E-state index contributed by atoms with van der Waals surface area (Å²) in [7, 11) is -5.87. The summed E-state index contributed by atoms with van der Waals surface area (Å²) in [5.74, 6) is 0. The fourth-order valence-corrected chi connectivity index (χ4v) is 17.9. The topological polar surface area (TPSA) is 38.9 Å². The van der Waals surface area contributed by atoms with Crippen LogP contribution in [0.1, 0.15) is 0 Å². The van der Waals surface area contributed by atoms with E-state index in [9.17, 15) is 0 Å². The normalized spacial score (nSPS) is 11.9. The van der Waals surface area contributed by atoms with E-state index < -0.39 is 16.1 Å². The first-order chi connectivity index (χ1) is 25.3. The minimum absolute atomic E-state index is 0.793. The maximum Gasteiger partial charge on any atom is 0.184 e. The lowest BCUT2D eigenvalue weighted by Gasteiger charge is -2.34. The highest BCUT2D eigenvalue weighted by Gasteiger charge is 2.46. The SMILES string of the molecule is c1ccc([Si](c2ccccc2)(c2ccccc2)c2ccnc3c2oc2c([Si](c4ccccc4)(c4ccccc4)c4ccccc4)ccnc23)cc1. The van der Waals surface area contributed by atoms with Crippen LogP contribution in [-0.4, -0.2) is 26.1 Å². The van der Waals surface area contributed by atoms with Gasteiger partial charge in [-0.05, 0) is 43.3 Å². The van der Waals surface area contributed by atoms with Crippen molar-refractivity contribution in [2.75, 3.05) is 0 Å². The monoisotopic (exact) mass is 686 g/mol. The molecule has 0 spiro atoms. The van der Waals surface area contributed by atoms with Gasteiger partial charge in [0.1, 0.15) is 11.0 Å². The van der Waals surface area contributed by atoms with E-state index in [0.717, 1.165) is 32.6 Å². The van der Waals surface area contributed by atoms with Crippen molar-refractivity contribution >= 4 is 79.8 Å². The minimum atomic E-state index is -2.93. The molecule has 51 heavy (non-hydrogen) atoms. The fraction of sp³-hybridized carbons (Fsp3) is 0. The van der Waals surface area contributed by atoms with Gasteiger partial charge in [0, 0.05) is 22.8 Å². The molecule has 0 saturated carbocycles. The van der Waals surface area contributed by atoms with Crippen LogP contribution in [0, 0.1) is 0 Å². The third-order valence-corrected chi connectivity index (χ3v) is 19.9. The van der Waals surface area contributed by atoms with Crippen LogP contribution in [0.5, 0.6) is 0 Å². The van der Waals surface area contributed by atoms with E-state index in [2.05, 4.69) is 194 Å². The molecule has 0 atom stereocenters. The summed E-state index contributed by atoms with van der Waals surface area (Å²) in [6, 6.07) is 70.2. The van der Waals surface area contributed by atoms with Gasteiger partial charge in [-0.2, -0.15) is 0 Å². The molecule has 3 nitrogen and oxygen atoms in total. The van der Waals surface area contributed by atoms with Gasteiger partial charge in [0.2, 0.25) is 0 Å². The van der Waals surface area contributed by atoms with Gasteiger partial charge >= 0.3 is 0 Å². The van der Waals surface area contributed by atoms with Gasteiger partial charge in [-0.1, -0.05) is 182 Å². The van der Waals surface area contributed by atoms with Crippen LogP contribution in [-0.2, 0) is 0 Å². The summed E-state index contributed by atoms with van der Waals surface area (Å²) in [6.07, 6.45) is 3.90. The van der Waals surface area contributed by atoms with Crippen molar-refractivity contribution in [3.63, 3.8) is 0 Å². The van der Waals surface area contributed by atoms with Gasteiger partial charge < -0.3 is 4.42 Å². The van der Waals surface area contributed by atoms with Crippen LogP contribution in [0.4, 0.5) is 0 Å². The number of rotatable bonds is 8. The summed E-state index contributed by atoms with van der Waals surface area (Å²) in [6.45, 7) is 0. The number of pyridine rings is 2. The Morgan fingerprint density at radius 1 is 0.294 bits per heavy atom. The fourth-order valence-electron chi connectivity index (χ4n) is 8.20. The molecule has 0 amide bonds. The number of fused-ring (bicyclic) bond motifs is 3. The average Bonchev–Trinajstić information content (AvgIpc) is 3.61. The van der Waals surface area contributed by atoms with Crippen LogP contribution in [0.2, 0.25) is 0 Å². The molecule has 0 radical (unpaired) electrons. The predicted octanol–water partition coefficient (Wildman–Crippen LogP) is 5.13. The largest absolute Gasteiger partial charge is 0.453 e. The Balaban J connectivity index is 1.44. The second-order valence-corrected chi connectivity index (χ2v) is 20.4. The number of hydrogen-bond donors (Lipinski definition) is 0. The highest BCUT2D eigenvalue weighted by molar-refractivity contribution is 7.21. The van der Waals surface area contributed by atoms with Crippen molar-refractivity contribution in [1.82, 2.24) is 9.97 Å².